The zero-order valence-electron chi connectivity index (χ0n) is 11.9. The molecule has 5 nitrogen and oxygen atoms in total. The topological polar surface area (TPSA) is 62.4 Å². The van der Waals surface area contributed by atoms with E-state index in [1.54, 1.807) is 24.3 Å². The molecule has 2 amide bonds. The number of fused-ring (bicyclic) bond motifs is 1. The van der Waals surface area contributed by atoms with Crippen LogP contribution in [0.2, 0.25) is 0 Å². The molecular formula is C15H13F3N2O3. The van der Waals surface area contributed by atoms with Gasteiger partial charge in [0.25, 0.3) is 0 Å². The molecule has 2 heterocycles. The maximum Gasteiger partial charge on any atom is 0.416 e. The zero-order chi connectivity index (χ0) is 16.6. The minimum absolute atomic E-state index is 0.00554. The minimum Gasteiger partial charge on any atom is -0.447 e. The summed E-state index contributed by atoms with van der Waals surface area (Å²) < 4.78 is 45.0. The van der Waals surface area contributed by atoms with Crippen LogP contribution in [-0.4, -0.2) is 41.2 Å². The normalized spacial score (nSPS) is 16.7. The first-order chi connectivity index (χ1) is 10.9. The van der Waals surface area contributed by atoms with Gasteiger partial charge in [0.05, 0.1) is 12.5 Å². The lowest BCUT2D eigenvalue weighted by molar-refractivity contribution is -0.159. The van der Waals surface area contributed by atoms with Crippen LogP contribution in [0, 0.1) is 0 Å². The number of hydrogen-bond acceptors (Lipinski definition) is 3. The molecule has 1 aliphatic heterocycles. The highest BCUT2D eigenvalue weighted by atomic mass is 19.4. The number of imide groups is 1. The van der Waals surface area contributed by atoms with Crippen molar-refractivity contribution in [3.63, 3.8) is 0 Å². The Balaban J connectivity index is 1.93. The van der Waals surface area contributed by atoms with E-state index in [0.29, 0.717) is 15.8 Å². The zero-order valence-corrected chi connectivity index (χ0v) is 11.9. The lowest BCUT2D eigenvalue weighted by Gasteiger charge is -2.21. The van der Waals surface area contributed by atoms with Crippen LogP contribution in [0.15, 0.2) is 30.5 Å². The van der Waals surface area contributed by atoms with E-state index < -0.39 is 30.5 Å². The molecule has 8 heteroatoms. The van der Waals surface area contributed by atoms with E-state index in [1.165, 1.54) is 6.20 Å². The first-order valence-corrected chi connectivity index (χ1v) is 6.98. The van der Waals surface area contributed by atoms with Crippen molar-refractivity contribution >= 4 is 22.9 Å². The Morgan fingerprint density at radius 2 is 2.09 bits per heavy atom. The van der Waals surface area contributed by atoms with E-state index in [2.05, 4.69) is 9.72 Å². The number of ether oxygens (including phenoxy) is 1. The molecule has 1 fully saturated rings. The molecule has 1 N–H and O–H groups in total. The summed E-state index contributed by atoms with van der Waals surface area (Å²) in [6, 6.07) is 6.56. The standard InChI is InChI=1S/C15H13F3N2O3/c16-15(17,18)11(7-13(21)20-5-6-23-14(20)22)10-8-19-12-4-2-1-3-9(10)12/h1-4,8,11,19H,5-7H2. The second kappa shape index (κ2) is 5.60. The van der Waals surface area contributed by atoms with E-state index in [1.807, 2.05) is 0 Å². The molecule has 0 radical (unpaired) electrons. The number of cyclic esters (lactones) is 1. The van der Waals surface area contributed by atoms with Gasteiger partial charge in [-0.15, -0.1) is 0 Å². The number of H-pyrrole nitrogens is 1. The molecule has 1 aromatic heterocycles. The summed E-state index contributed by atoms with van der Waals surface area (Å²) >= 11 is 0. The minimum atomic E-state index is -4.61. The Morgan fingerprint density at radius 1 is 1.35 bits per heavy atom. The van der Waals surface area contributed by atoms with Crippen molar-refractivity contribution in [1.29, 1.82) is 0 Å². The predicted molar refractivity (Wildman–Crippen MR) is 74.8 cm³/mol. The summed E-state index contributed by atoms with van der Waals surface area (Å²) in [5.74, 6) is -2.88. The number of carbonyl (C=O) groups is 2. The van der Waals surface area contributed by atoms with E-state index in [0.717, 1.165) is 0 Å². The lowest BCUT2D eigenvalue weighted by atomic mass is 9.94. The molecule has 3 rings (SSSR count). The number of para-hydroxylation sites is 1. The number of aromatic nitrogens is 1. The van der Waals surface area contributed by atoms with Gasteiger partial charge in [0.2, 0.25) is 5.91 Å². The van der Waals surface area contributed by atoms with Crippen molar-refractivity contribution in [2.75, 3.05) is 13.2 Å². The number of nitrogens with zero attached hydrogens (tertiary/aromatic N) is 1. The van der Waals surface area contributed by atoms with Crippen LogP contribution in [0.5, 0.6) is 0 Å². The maximum absolute atomic E-state index is 13.5. The van der Waals surface area contributed by atoms with E-state index in [-0.39, 0.29) is 18.7 Å². The van der Waals surface area contributed by atoms with Gasteiger partial charge in [0, 0.05) is 23.5 Å². The van der Waals surface area contributed by atoms with Gasteiger partial charge >= 0.3 is 12.3 Å². The van der Waals surface area contributed by atoms with Gasteiger partial charge in [-0.05, 0) is 11.6 Å². The van der Waals surface area contributed by atoms with Crippen molar-refractivity contribution in [3.05, 3.63) is 36.0 Å². The third-order valence-corrected chi connectivity index (χ3v) is 3.83. The Hall–Kier alpha value is -2.51. The third kappa shape index (κ3) is 2.88. The molecule has 122 valence electrons. The van der Waals surface area contributed by atoms with Gasteiger partial charge in [-0.3, -0.25) is 4.79 Å². The monoisotopic (exact) mass is 326 g/mol. The van der Waals surface area contributed by atoms with Crippen LogP contribution in [0.25, 0.3) is 10.9 Å². The quantitative estimate of drug-likeness (QED) is 0.942. The van der Waals surface area contributed by atoms with E-state index in [4.69, 9.17) is 0 Å². The molecular weight excluding hydrogens is 313 g/mol. The Labute approximate surface area is 129 Å². The molecule has 1 aliphatic rings. The summed E-state index contributed by atoms with van der Waals surface area (Å²) in [5.41, 5.74) is 0.554. The van der Waals surface area contributed by atoms with Crippen molar-refractivity contribution < 1.29 is 27.5 Å². The largest absolute Gasteiger partial charge is 0.447 e. The van der Waals surface area contributed by atoms with Crippen molar-refractivity contribution in [2.24, 2.45) is 0 Å². The molecule has 1 atom stereocenters. The summed E-state index contributed by atoms with van der Waals surface area (Å²) in [6.07, 6.45) is -5.07. The average Bonchev–Trinajstić information content (AvgIpc) is 3.09. The number of rotatable bonds is 3. The van der Waals surface area contributed by atoms with Gasteiger partial charge in [0.15, 0.2) is 0 Å². The van der Waals surface area contributed by atoms with Crippen molar-refractivity contribution in [3.8, 4) is 0 Å². The van der Waals surface area contributed by atoms with E-state index in [9.17, 15) is 22.8 Å². The van der Waals surface area contributed by atoms with Gasteiger partial charge < -0.3 is 9.72 Å². The van der Waals surface area contributed by atoms with Gasteiger partial charge in [-0.25, -0.2) is 9.69 Å². The van der Waals surface area contributed by atoms with Crippen LogP contribution in [0.3, 0.4) is 0 Å². The Morgan fingerprint density at radius 3 is 2.74 bits per heavy atom. The van der Waals surface area contributed by atoms with Crippen LogP contribution < -0.4 is 0 Å². The van der Waals surface area contributed by atoms with Crippen LogP contribution in [0.4, 0.5) is 18.0 Å². The molecule has 0 saturated carbocycles. The number of hydrogen-bond donors (Lipinski definition) is 1. The fourth-order valence-electron chi connectivity index (χ4n) is 2.69. The number of alkyl halides is 3. The highest BCUT2D eigenvalue weighted by Crippen LogP contribution is 2.40. The lowest BCUT2D eigenvalue weighted by Crippen LogP contribution is -2.35. The van der Waals surface area contributed by atoms with Gasteiger partial charge in [0.1, 0.15) is 6.61 Å². The first-order valence-electron chi connectivity index (χ1n) is 6.98. The van der Waals surface area contributed by atoms with Crippen molar-refractivity contribution in [1.82, 2.24) is 9.88 Å². The molecule has 0 aliphatic carbocycles. The molecule has 1 unspecified atom stereocenters. The van der Waals surface area contributed by atoms with Crippen LogP contribution >= 0.6 is 0 Å². The highest BCUT2D eigenvalue weighted by molar-refractivity contribution is 5.94. The summed E-state index contributed by atoms with van der Waals surface area (Å²) in [6.45, 7) is -0.00945. The van der Waals surface area contributed by atoms with Crippen LogP contribution in [-0.2, 0) is 9.53 Å². The Bertz CT molecular complexity index is 754. The number of amides is 2. The van der Waals surface area contributed by atoms with Crippen LogP contribution in [0.1, 0.15) is 17.9 Å². The fraction of sp³-hybridized carbons (Fsp3) is 0.333. The maximum atomic E-state index is 13.5. The first kappa shape index (κ1) is 15.4. The fourth-order valence-corrected chi connectivity index (χ4v) is 2.69. The molecule has 2 aromatic rings. The second-order valence-electron chi connectivity index (χ2n) is 5.25. The molecule has 0 bridgehead atoms. The third-order valence-electron chi connectivity index (χ3n) is 3.83. The number of benzene rings is 1. The van der Waals surface area contributed by atoms with Crippen molar-refractivity contribution in [2.45, 2.75) is 18.5 Å². The van der Waals surface area contributed by atoms with Gasteiger partial charge in [-0.2, -0.15) is 13.2 Å². The number of halogens is 3. The number of nitrogens with one attached hydrogen (secondary N) is 1. The summed E-state index contributed by atoms with van der Waals surface area (Å²) in [7, 11) is 0. The molecule has 1 aromatic carbocycles. The summed E-state index contributed by atoms with van der Waals surface area (Å²) in [5, 5.41) is 0.409. The SMILES string of the molecule is O=C(CC(c1c[nH]c2ccccc12)C(F)(F)F)N1CCOC1=O. The molecule has 1 saturated heterocycles. The molecule has 0 spiro atoms. The van der Waals surface area contributed by atoms with Gasteiger partial charge in [-0.1, -0.05) is 18.2 Å². The smallest absolute Gasteiger partial charge is 0.416 e. The molecule has 23 heavy (non-hydrogen) atoms. The summed E-state index contributed by atoms with van der Waals surface area (Å²) in [4.78, 5) is 26.9. The predicted octanol–water partition coefficient (Wildman–Crippen LogP) is 3.18. The number of aromatic amines is 1. The highest BCUT2D eigenvalue weighted by Gasteiger charge is 2.44. The second-order valence-corrected chi connectivity index (χ2v) is 5.25. The Kier molecular flexibility index (Phi) is 3.75. The number of carbonyl (C=O) groups excluding carboxylic acids is 2. The van der Waals surface area contributed by atoms with E-state index >= 15 is 0 Å². The average molecular weight is 326 g/mol.